The van der Waals surface area contributed by atoms with Gasteiger partial charge in [0.15, 0.2) is 11.5 Å². The minimum Gasteiger partial charge on any atom is -0.445 e. The highest BCUT2D eigenvalue weighted by molar-refractivity contribution is 7.85. The van der Waals surface area contributed by atoms with Gasteiger partial charge >= 0.3 is 0 Å². The molecule has 3 heterocycles. The van der Waals surface area contributed by atoms with E-state index in [2.05, 4.69) is 10.3 Å². The van der Waals surface area contributed by atoms with Crippen molar-refractivity contribution in [2.45, 2.75) is 43.3 Å². The molecule has 2 aromatic carbocycles. The Balaban J connectivity index is 0.000000398. The largest absolute Gasteiger partial charge is 0.445 e. The number of hydrogen-bond acceptors (Lipinski definition) is 6. The van der Waals surface area contributed by atoms with Gasteiger partial charge in [-0.25, -0.2) is 0 Å². The van der Waals surface area contributed by atoms with E-state index in [1.54, 1.807) is 31.5 Å². The molecule has 0 saturated carbocycles. The molecule has 180 valence electrons. The van der Waals surface area contributed by atoms with Crippen molar-refractivity contribution >= 4 is 21.7 Å². The van der Waals surface area contributed by atoms with Gasteiger partial charge in [0.25, 0.3) is 15.9 Å². The number of aromatic nitrogens is 1. The van der Waals surface area contributed by atoms with Crippen molar-refractivity contribution in [1.29, 1.82) is 0 Å². The summed E-state index contributed by atoms with van der Waals surface area (Å²) in [6.07, 6.45) is 5.40. The number of aryl methyl sites for hydroxylation is 1. The summed E-state index contributed by atoms with van der Waals surface area (Å²) in [6.45, 7) is 5.41. The minimum atomic E-state index is -4.34. The van der Waals surface area contributed by atoms with Gasteiger partial charge in [0.1, 0.15) is 0 Å². The molecule has 2 aliphatic heterocycles. The number of nitrogens with zero attached hydrogens (tertiary/aromatic N) is 1. The molecule has 7 nitrogen and oxygen atoms in total. The third kappa shape index (κ3) is 5.20. The molecule has 0 aliphatic carbocycles. The average molecular weight is 503 g/mol. The zero-order valence-electron chi connectivity index (χ0n) is 19.0. The lowest BCUT2D eigenvalue weighted by molar-refractivity contribution is -0.0691. The van der Waals surface area contributed by atoms with Crippen LogP contribution in [0.3, 0.4) is 0 Å². The second-order valence-corrected chi connectivity index (χ2v) is 10.3. The summed E-state index contributed by atoms with van der Waals surface area (Å²) >= 11 is 6.53. The Labute approximate surface area is 204 Å². The second-order valence-electron chi connectivity index (χ2n) is 8.44. The van der Waals surface area contributed by atoms with E-state index in [1.165, 1.54) is 12.1 Å². The molecule has 0 spiro atoms. The Morgan fingerprint density at radius 2 is 1.79 bits per heavy atom. The molecule has 2 aliphatic rings. The molecule has 0 radical (unpaired) electrons. The Hall–Kier alpha value is -2.65. The first kappa shape index (κ1) is 24.5. The Bertz CT molecular complexity index is 1240. The molecule has 1 unspecified atom stereocenters. The summed E-state index contributed by atoms with van der Waals surface area (Å²) in [5.74, 6) is 0.231. The van der Waals surface area contributed by atoms with Crippen LogP contribution in [0.15, 0.2) is 65.8 Å². The Morgan fingerprint density at radius 1 is 1.09 bits per heavy atom. The fourth-order valence-electron chi connectivity index (χ4n) is 4.33. The van der Waals surface area contributed by atoms with Crippen LogP contribution in [-0.4, -0.2) is 31.0 Å². The van der Waals surface area contributed by atoms with Crippen LogP contribution in [0.2, 0.25) is 5.02 Å². The predicted molar refractivity (Wildman–Crippen MR) is 130 cm³/mol. The smallest absolute Gasteiger partial charge is 0.294 e. The van der Waals surface area contributed by atoms with Gasteiger partial charge in [-0.05, 0) is 80.7 Å². The van der Waals surface area contributed by atoms with Crippen molar-refractivity contribution < 1.29 is 22.4 Å². The van der Waals surface area contributed by atoms with Crippen LogP contribution in [0.4, 0.5) is 0 Å². The molecule has 0 bridgehead atoms. The third-order valence-corrected chi connectivity index (χ3v) is 7.20. The van der Waals surface area contributed by atoms with Gasteiger partial charge < -0.3 is 14.8 Å². The summed E-state index contributed by atoms with van der Waals surface area (Å²) in [5.41, 5.74) is 2.26. The van der Waals surface area contributed by atoms with Crippen molar-refractivity contribution in [3.63, 3.8) is 0 Å². The second kappa shape index (κ2) is 9.92. The number of nitrogens with one attached hydrogen (secondary N) is 1. The van der Waals surface area contributed by atoms with Crippen LogP contribution in [0.1, 0.15) is 42.4 Å². The first-order valence-electron chi connectivity index (χ1n) is 11.0. The van der Waals surface area contributed by atoms with Crippen LogP contribution in [-0.2, 0) is 15.9 Å². The van der Waals surface area contributed by atoms with E-state index in [9.17, 15) is 13.0 Å². The molecular weight excluding hydrogens is 476 g/mol. The molecule has 1 aromatic heterocycles. The molecule has 1 saturated heterocycles. The lowest BCUT2D eigenvalue weighted by Gasteiger charge is -2.27. The maximum Gasteiger partial charge on any atom is 0.294 e. The maximum atomic E-state index is 11.6. The van der Waals surface area contributed by atoms with Gasteiger partial charge in [-0.15, -0.1) is 0 Å². The lowest BCUT2D eigenvalue weighted by Crippen LogP contribution is -2.33. The Kier molecular flexibility index (Phi) is 7.14. The summed E-state index contributed by atoms with van der Waals surface area (Å²) in [6, 6.07) is 13.7. The lowest BCUT2D eigenvalue weighted by atomic mass is 9.89. The molecule has 0 amide bonds. The van der Waals surface area contributed by atoms with Gasteiger partial charge in [-0.1, -0.05) is 23.7 Å². The van der Waals surface area contributed by atoms with Crippen molar-refractivity contribution in [3.05, 3.63) is 82.6 Å². The first-order chi connectivity index (χ1) is 16.2. The number of pyridine rings is 1. The van der Waals surface area contributed by atoms with Gasteiger partial charge in [0.05, 0.1) is 4.90 Å². The van der Waals surface area contributed by atoms with E-state index in [0.717, 1.165) is 37.1 Å². The van der Waals surface area contributed by atoms with Crippen LogP contribution < -0.4 is 14.8 Å². The zero-order chi connectivity index (χ0) is 24.3. The number of hydrogen-bond donors (Lipinski definition) is 2. The average Bonchev–Trinajstić information content (AvgIpc) is 3.18. The number of benzene rings is 2. The molecule has 1 fully saturated rings. The molecule has 1 atom stereocenters. The number of rotatable bonds is 3. The van der Waals surface area contributed by atoms with Crippen LogP contribution in [0.25, 0.3) is 0 Å². The normalized spacial score (nSPS) is 19.9. The summed E-state index contributed by atoms with van der Waals surface area (Å²) in [5, 5.41) is 3.99. The van der Waals surface area contributed by atoms with Crippen molar-refractivity contribution in [1.82, 2.24) is 10.3 Å². The van der Waals surface area contributed by atoms with E-state index in [1.807, 2.05) is 31.2 Å². The standard InChI is InChI=1S/C20H22ClNO5S.C5H5N/c1-12-3-4-14(28(23,24)25)11-15(12)20(2)26-17-6-5-16(21)18(19(17)27-20)13-7-9-22-10-8-13;1-2-4-6-5-3-1/h3-6,11,13,22H,7-10H2,1-2H3,(H,23,24,25);1-5H. The van der Waals surface area contributed by atoms with E-state index in [-0.39, 0.29) is 10.8 Å². The maximum absolute atomic E-state index is 11.6. The van der Waals surface area contributed by atoms with Gasteiger partial charge in [0, 0.05) is 35.5 Å². The van der Waals surface area contributed by atoms with E-state index < -0.39 is 15.9 Å². The highest BCUT2D eigenvalue weighted by Crippen LogP contribution is 2.52. The Morgan fingerprint density at radius 3 is 2.38 bits per heavy atom. The highest BCUT2D eigenvalue weighted by atomic mass is 35.5. The molecular formula is C25H27ClN2O5S. The minimum absolute atomic E-state index is 0.200. The number of fused-ring (bicyclic) bond motifs is 1. The van der Waals surface area contributed by atoms with Crippen molar-refractivity contribution in [3.8, 4) is 11.5 Å². The predicted octanol–water partition coefficient (Wildman–Crippen LogP) is 5.09. The van der Waals surface area contributed by atoms with Gasteiger partial charge in [-0.2, -0.15) is 8.42 Å². The van der Waals surface area contributed by atoms with E-state index in [4.69, 9.17) is 21.1 Å². The van der Waals surface area contributed by atoms with E-state index >= 15 is 0 Å². The van der Waals surface area contributed by atoms with Crippen LogP contribution in [0, 0.1) is 6.92 Å². The zero-order valence-corrected chi connectivity index (χ0v) is 20.6. The monoisotopic (exact) mass is 502 g/mol. The summed E-state index contributed by atoms with van der Waals surface area (Å²) in [4.78, 5) is 3.58. The SMILES string of the molecule is Cc1ccc(S(=O)(=O)O)cc1C1(C)Oc2ccc(Cl)c(C3CCNCC3)c2O1.c1ccncc1. The van der Waals surface area contributed by atoms with Crippen LogP contribution >= 0.6 is 11.6 Å². The molecule has 3 aromatic rings. The molecule has 5 rings (SSSR count). The number of piperidine rings is 1. The highest BCUT2D eigenvalue weighted by Gasteiger charge is 2.43. The quantitative estimate of drug-likeness (QED) is 0.481. The fourth-order valence-corrected chi connectivity index (χ4v) is 5.14. The van der Waals surface area contributed by atoms with Crippen LogP contribution in [0.5, 0.6) is 11.5 Å². The fraction of sp³-hybridized carbons (Fsp3) is 0.320. The van der Waals surface area contributed by atoms with Gasteiger partial charge in [0.2, 0.25) is 0 Å². The van der Waals surface area contributed by atoms with Gasteiger partial charge in [-0.3, -0.25) is 9.54 Å². The number of halogens is 1. The number of ether oxygens (including phenoxy) is 2. The molecule has 34 heavy (non-hydrogen) atoms. The summed E-state index contributed by atoms with van der Waals surface area (Å²) in [7, 11) is -4.34. The molecule has 9 heteroatoms. The third-order valence-electron chi connectivity index (χ3n) is 6.02. The van der Waals surface area contributed by atoms with Crippen molar-refractivity contribution in [2.24, 2.45) is 0 Å². The van der Waals surface area contributed by atoms with E-state index in [0.29, 0.717) is 22.1 Å². The summed E-state index contributed by atoms with van der Waals surface area (Å²) < 4.78 is 45.0. The molecule has 2 N–H and O–H groups in total. The first-order valence-corrected chi connectivity index (χ1v) is 12.9. The topological polar surface area (TPSA) is 97.8 Å². The van der Waals surface area contributed by atoms with Crippen molar-refractivity contribution in [2.75, 3.05) is 13.1 Å².